The summed E-state index contributed by atoms with van der Waals surface area (Å²) in [7, 11) is 0. The Bertz CT molecular complexity index is 942. The maximum absolute atomic E-state index is 12.3. The molecule has 0 atom stereocenters. The molecule has 0 aliphatic heterocycles. The van der Waals surface area contributed by atoms with E-state index in [1.807, 2.05) is 42.5 Å². The van der Waals surface area contributed by atoms with Crippen LogP contribution >= 0.6 is 0 Å². The fourth-order valence-electron chi connectivity index (χ4n) is 2.76. The van der Waals surface area contributed by atoms with Crippen molar-refractivity contribution in [1.29, 1.82) is 0 Å². The number of nitrogens with one attached hydrogen (secondary N) is 1. The van der Waals surface area contributed by atoms with Crippen molar-refractivity contribution < 1.29 is 4.79 Å². The lowest BCUT2D eigenvalue weighted by atomic mass is 10.1. The molecular weight excluding hydrogens is 314 g/mol. The summed E-state index contributed by atoms with van der Waals surface area (Å²) in [5.74, 6) is -0.249. The number of anilines is 1. The van der Waals surface area contributed by atoms with Gasteiger partial charge in [0, 0.05) is 22.8 Å². The Labute approximate surface area is 146 Å². The Hall–Kier alpha value is -2.95. The van der Waals surface area contributed by atoms with E-state index >= 15 is 0 Å². The number of nitrogens with zero attached hydrogens (tertiary/aromatic N) is 2. The number of benzene rings is 2. The molecule has 1 heterocycles. The molecule has 3 aromatic rings. The summed E-state index contributed by atoms with van der Waals surface area (Å²) in [6.45, 7) is 2.04. The molecule has 0 spiro atoms. The quantitative estimate of drug-likeness (QED) is 0.751. The number of amides is 1. The first-order valence-electron chi connectivity index (χ1n) is 8.50. The maximum atomic E-state index is 12.3. The van der Waals surface area contributed by atoms with Gasteiger partial charge in [-0.05, 0) is 24.3 Å². The lowest BCUT2D eigenvalue weighted by Gasteiger charge is -2.10. The molecule has 0 fully saturated rings. The molecule has 1 amide bonds. The SMILES string of the molecule is CCCCc1cc(=O)n(CC(=O)Nc2cccc3ccccc23)cn1. The molecule has 0 unspecified atom stereocenters. The highest BCUT2D eigenvalue weighted by Crippen LogP contribution is 2.22. The average molecular weight is 335 g/mol. The van der Waals surface area contributed by atoms with E-state index in [9.17, 15) is 9.59 Å². The summed E-state index contributed by atoms with van der Waals surface area (Å²) >= 11 is 0. The number of carbonyl (C=O) groups is 1. The molecule has 2 aromatic carbocycles. The predicted octanol–water partition coefficient (Wildman–Crippen LogP) is 3.38. The first-order chi connectivity index (χ1) is 12.2. The molecule has 25 heavy (non-hydrogen) atoms. The fraction of sp³-hybridized carbons (Fsp3) is 0.250. The van der Waals surface area contributed by atoms with Gasteiger partial charge in [0.2, 0.25) is 5.91 Å². The first kappa shape index (κ1) is 16.9. The van der Waals surface area contributed by atoms with Gasteiger partial charge in [-0.3, -0.25) is 14.2 Å². The second kappa shape index (κ2) is 7.75. The van der Waals surface area contributed by atoms with Gasteiger partial charge < -0.3 is 5.32 Å². The van der Waals surface area contributed by atoms with E-state index in [1.54, 1.807) is 0 Å². The van der Waals surface area contributed by atoms with Crippen molar-refractivity contribution >= 4 is 22.4 Å². The fourth-order valence-corrected chi connectivity index (χ4v) is 2.76. The van der Waals surface area contributed by atoms with Crippen LogP contribution in [0.4, 0.5) is 5.69 Å². The maximum Gasteiger partial charge on any atom is 0.253 e. The Morgan fingerprint density at radius 1 is 1.16 bits per heavy atom. The standard InChI is InChI=1S/C20H21N3O2/c1-2-3-9-16-12-20(25)23(14-21-16)13-19(24)22-18-11-6-8-15-7-4-5-10-17(15)18/h4-8,10-12,14H,2-3,9,13H2,1H3,(H,22,24). The summed E-state index contributed by atoms with van der Waals surface area (Å²) in [4.78, 5) is 28.8. The van der Waals surface area contributed by atoms with Crippen molar-refractivity contribution in [2.75, 3.05) is 5.32 Å². The van der Waals surface area contributed by atoms with Gasteiger partial charge in [0.05, 0.1) is 6.33 Å². The van der Waals surface area contributed by atoms with Crippen molar-refractivity contribution in [2.24, 2.45) is 0 Å². The Kier molecular flexibility index (Phi) is 5.23. The van der Waals surface area contributed by atoms with Crippen molar-refractivity contribution in [1.82, 2.24) is 9.55 Å². The molecule has 3 rings (SSSR count). The van der Waals surface area contributed by atoms with Crippen molar-refractivity contribution in [3.63, 3.8) is 0 Å². The van der Waals surface area contributed by atoms with Crippen LogP contribution in [-0.4, -0.2) is 15.5 Å². The van der Waals surface area contributed by atoms with Gasteiger partial charge in [-0.2, -0.15) is 0 Å². The van der Waals surface area contributed by atoms with Crippen LogP contribution in [0.15, 0.2) is 59.7 Å². The zero-order valence-electron chi connectivity index (χ0n) is 14.2. The minimum Gasteiger partial charge on any atom is -0.324 e. The second-order valence-corrected chi connectivity index (χ2v) is 6.02. The van der Waals surface area contributed by atoms with Gasteiger partial charge in [0.1, 0.15) is 6.54 Å². The monoisotopic (exact) mass is 335 g/mol. The molecule has 0 saturated heterocycles. The molecular formula is C20H21N3O2. The number of aromatic nitrogens is 2. The topological polar surface area (TPSA) is 64.0 Å². The van der Waals surface area contributed by atoms with E-state index in [-0.39, 0.29) is 18.0 Å². The second-order valence-electron chi connectivity index (χ2n) is 6.02. The number of unbranched alkanes of at least 4 members (excludes halogenated alkanes) is 1. The normalized spacial score (nSPS) is 10.8. The van der Waals surface area contributed by atoms with Gasteiger partial charge in [-0.25, -0.2) is 4.98 Å². The van der Waals surface area contributed by atoms with Crippen molar-refractivity contribution in [3.8, 4) is 0 Å². The van der Waals surface area contributed by atoms with E-state index in [1.165, 1.54) is 17.0 Å². The average Bonchev–Trinajstić information content (AvgIpc) is 2.62. The lowest BCUT2D eigenvalue weighted by Crippen LogP contribution is -2.28. The summed E-state index contributed by atoms with van der Waals surface area (Å²) in [6, 6.07) is 15.1. The number of hydrogen-bond acceptors (Lipinski definition) is 3. The first-order valence-corrected chi connectivity index (χ1v) is 8.50. The zero-order valence-corrected chi connectivity index (χ0v) is 14.2. The van der Waals surface area contributed by atoms with Crippen LogP contribution in [0.5, 0.6) is 0 Å². The third kappa shape index (κ3) is 4.12. The molecule has 0 aliphatic carbocycles. The minimum atomic E-state index is -0.249. The summed E-state index contributed by atoms with van der Waals surface area (Å²) < 4.78 is 1.33. The zero-order chi connectivity index (χ0) is 17.6. The molecule has 0 bridgehead atoms. The molecule has 128 valence electrons. The van der Waals surface area contributed by atoms with Crippen LogP contribution in [0, 0.1) is 0 Å². The van der Waals surface area contributed by atoms with E-state index in [0.29, 0.717) is 0 Å². The van der Waals surface area contributed by atoms with E-state index < -0.39 is 0 Å². The number of fused-ring (bicyclic) bond motifs is 1. The van der Waals surface area contributed by atoms with Gasteiger partial charge in [0.25, 0.3) is 5.56 Å². The summed E-state index contributed by atoms with van der Waals surface area (Å²) in [5, 5.41) is 4.91. The molecule has 0 aliphatic rings. The van der Waals surface area contributed by atoms with Crippen LogP contribution in [0.25, 0.3) is 10.8 Å². The van der Waals surface area contributed by atoms with Crippen molar-refractivity contribution in [3.05, 3.63) is 70.9 Å². The molecule has 1 aromatic heterocycles. The molecule has 0 saturated carbocycles. The van der Waals surface area contributed by atoms with Gasteiger partial charge >= 0.3 is 0 Å². The van der Waals surface area contributed by atoms with E-state index in [0.717, 1.165) is 41.4 Å². The Balaban J connectivity index is 1.73. The predicted molar refractivity (Wildman–Crippen MR) is 99.7 cm³/mol. The number of aryl methyl sites for hydroxylation is 1. The van der Waals surface area contributed by atoms with Crippen LogP contribution in [0.2, 0.25) is 0 Å². The van der Waals surface area contributed by atoms with Crippen LogP contribution in [0.1, 0.15) is 25.5 Å². The van der Waals surface area contributed by atoms with E-state index in [2.05, 4.69) is 17.2 Å². The van der Waals surface area contributed by atoms with E-state index in [4.69, 9.17) is 0 Å². The van der Waals surface area contributed by atoms with Crippen molar-refractivity contribution in [2.45, 2.75) is 32.7 Å². The van der Waals surface area contributed by atoms with Crippen LogP contribution < -0.4 is 10.9 Å². The summed E-state index contributed by atoms with van der Waals surface area (Å²) in [6.07, 6.45) is 4.29. The highest BCUT2D eigenvalue weighted by atomic mass is 16.2. The molecule has 5 heteroatoms. The van der Waals surface area contributed by atoms with Gasteiger partial charge in [-0.1, -0.05) is 49.7 Å². The van der Waals surface area contributed by atoms with Crippen LogP contribution in [-0.2, 0) is 17.8 Å². The highest BCUT2D eigenvalue weighted by Gasteiger charge is 2.08. The number of carbonyl (C=O) groups excluding carboxylic acids is 1. The molecule has 0 radical (unpaired) electrons. The van der Waals surface area contributed by atoms with Crippen LogP contribution in [0.3, 0.4) is 0 Å². The minimum absolute atomic E-state index is 0.0525. The number of hydrogen-bond donors (Lipinski definition) is 1. The van der Waals surface area contributed by atoms with Gasteiger partial charge in [-0.15, -0.1) is 0 Å². The Morgan fingerprint density at radius 3 is 2.76 bits per heavy atom. The molecule has 5 nitrogen and oxygen atoms in total. The lowest BCUT2D eigenvalue weighted by molar-refractivity contribution is -0.116. The summed E-state index contributed by atoms with van der Waals surface area (Å²) in [5.41, 5.74) is 1.32. The molecule has 1 N–H and O–H groups in total. The largest absolute Gasteiger partial charge is 0.324 e. The van der Waals surface area contributed by atoms with Gasteiger partial charge in [0.15, 0.2) is 0 Å². The highest BCUT2D eigenvalue weighted by molar-refractivity contribution is 6.01. The Morgan fingerprint density at radius 2 is 1.96 bits per heavy atom. The third-order valence-electron chi connectivity index (χ3n) is 4.10. The smallest absolute Gasteiger partial charge is 0.253 e. The third-order valence-corrected chi connectivity index (χ3v) is 4.10. The number of rotatable bonds is 6.